The fourth-order valence-electron chi connectivity index (χ4n) is 3.69. The molecule has 0 saturated carbocycles. The van der Waals surface area contributed by atoms with Crippen LogP contribution >= 0.6 is 47.9 Å². The van der Waals surface area contributed by atoms with E-state index in [2.05, 4.69) is 34.1 Å². The molecular weight excluding hydrogens is 419 g/mol. The molecule has 0 aliphatic carbocycles. The quantitative estimate of drug-likeness (QED) is 0.524. The lowest BCUT2D eigenvalue weighted by Crippen LogP contribution is -2.36. The van der Waals surface area contributed by atoms with Crippen molar-refractivity contribution in [1.82, 2.24) is 4.90 Å². The van der Waals surface area contributed by atoms with E-state index >= 15 is 0 Å². The Labute approximate surface area is 181 Å². The van der Waals surface area contributed by atoms with E-state index in [9.17, 15) is 0 Å². The molecule has 27 heavy (non-hydrogen) atoms. The minimum absolute atomic E-state index is 0. The number of amidine groups is 1. The summed E-state index contributed by atoms with van der Waals surface area (Å²) in [7, 11) is 0. The Morgan fingerprint density at radius 1 is 1.07 bits per heavy atom. The van der Waals surface area contributed by atoms with Crippen LogP contribution in [0.2, 0.25) is 0 Å². The van der Waals surface area contributed by atoms with Crippen LogP contribution in [-0.4, -0.2) is 49.2 Å². The van der Waals surface area contributed by atoms with Crippen LogP contribution in [0, 0.1) is 5.41 Å². The third-order valence-corrected chi connectivity index (χ3v) is 7.01. The van der Waals surface area contributed by atoms with Crippen LogP contribution in [0.4, 0.5) is 5.69 Å². The molecule has 1 saturated heterocycles. The van der Waals surface area contributed by atoms with Crippen LogP contribution in [0.25, 0.3) is 11.1 Å². The van der Waals surface area contributed by atoms with Gasteiger partial charge in [-0.05, 0) is 55.1 Å². The number of nitrogens with two attached hydrogens (primary N) is 1. The number of thioether (sulfide) groups is 1. The van der Waals surface area contributed by atoms with E-state index in [-0.39, 0.29) is 30.6 Å². The number of benzene rings is 1. The van der Waals surface area contributed by atoms with Crippen LogP contribution < -0.4 is 10.6 Å². The van der Waals surface area contributed by atoms with Crippen molar-refractivity contribution in [3.05, 3.63) is 34.5 Å². The van der Waals surface area contributed by atoms with Crippen molar-refractivity contribution in [3.8, 4) is 11.1 Å². The molecule has 8 heteroatoms. The monoisotopic (exact) mass is 444 g/mol. The lowest BCUT2D eigenvalue weighted by molar-refractivity contribution is 0.345. The standard InChI is InChI=1S/C19H24N4S2.2ClH/c20-19(21)18-15(5-11-25-18)14-3-4-17-16(13-14)23(10-12-24-17)9-8-22-6-1-2-7-22;;/h3-5,11,13H,1-2,6-10,12H2,(H3,20,21);2*1H. The summed E-state index contributed by atoms with van der Waals surface area (Å²) in [4.78, 5) is 7.36. The number of fused-ring (bicyclic) bond motifs is 1. The number of nitrogens with zero attached hydrogens (tertiary/aromatic N) is 2. The fourth-order valence-corrected chi connectivity index (χ4v) is 5.50. The highest BCUT2D eigenvalue weighted by atomic mass is 35.5. The maximum absolute atomic E-state index is 7.80. The number of nitrogen functional groups attached to an aromatic ring is 1. The van der Waals surface area contributed by atoms with Gasteiger partial charge < -0.3 is 15.5 Å². The third-order valence-electron chi connectivity index (χ3n) is 5.02. The second-order valence-corrected chi connectivity index (χ2v) is 8.70. The number of likely N-dealkylation sites (tertiary alicyclic amines) is 1. The van der Waals surface area contributed by atoms with Gasteiger partial charge in [0.25, 0.3) is 0 Å². The van der Waals surface area contributed by atoms with Crippen molar-refractivity contribution in [3.63, 3.8) is 0 Å². The van der Waals surface area contributed by atoms with Crippen LogP contribution in [-0.2, 0) is 0 Å². The molecule has 0 radical (unpaired) electrons. The molecule has 1 aromatic carbocycles. The average molecular weight is 445 g/mol. The first kappa shape index (κ1) is 22.4. The molecule has 0 unspecified atom stereocenters. The van der Waals surface area contributed by atoms with Gasteiger partial charge in [0, 0.05) is 35.8 Å². The van der Waals surface area contributed by atoms with E-state index in [1.54, 1.807) is 11.3 Å². The number of hydrogen-bond donors (Lipinski definition) is 2. The Balaban J connectivity index is 0.00000131. The number of thiophene rings is 1. The normalized spacial score (nSPS) is 16.4. The molecule has 0 bridgehead atoms. The van der Waals surface area contributed by atoms with E-state index in [4.69, 9.17) is 11.1 Å². The number of nitrogens with one attached hydrogen (secondary N) is 1. The van der Waals surface area contributed by atoms with Crippen LogP contribution in [0.1, 0.15) is 17.7 Å². The second-order valence-electron chi connectivity index (χ2n) is 6.64. The van der Waals surface area contributed by atoms with Gasteiger partial charge >= 0.3 is 0 Å². The van der Waals surface area contributed by atoms with E-state index in [1.165, 1.54) is 42.1 Å². The van der Waals surface area contributed by atoms with Gasteiger partial charge in [-0.3, -0.25) is 5.41 Å². The zero-order valence-corrected chi connectivity index (χ0v) is 18.4. The Morgan fingerprint density at radius 3 is 2.59 bits per heavy atom. The van der Waals surface area contributed by atoms with Gasteiger partial charge in [0.2, 0.25) is 0 Å². The van der Waals surface area contributed by atoms with Crippen molar-refractivity contribution in [2.75, 3.05) is 43.4 Å². The molecular formula is C19H26Cl2N4S2. The number of halogens is 2. The summed E-state index contributed by atoms with van der Waals surface area (Å²) in [6, 6.07) is 8.77. The zero-order valence-electron chi connectivity index (χ0n) is 15.1. The van der Waals surface area contributed by atoms with Gasteiger partial charge in [-0.15, -0.1) is 47.9 Å². The fraction of sp³-hybridized carbons (Fsp3) is 0.421. The molecule has 1 aromatic heterocycles. The summed E-state index contributed by atoms with van der Waals surface area (Å²) in [5.74, 6) is 1.31. The van der Waals surface area contributed by atoms with Crippen molar-refractivity contribution < 1.29 is 0 Å². The van der Waals surface area contributed by atoms with Gasteiger partial charge in [-0.25, -0.2) is 0 Å². The summed E-state index contributed by atoms with van der Waals surface area (Å²) >= 11 is 3.49. The second kappa shape index (κ2) is 10.0. The van der Waals surface area contributed by atoms with E-state index < -0.39 is 0 Å². The molecule has 0 atom stereocenters. The van der Waals surface area contributed by atoms with Crippen molar-refractivity contribution in [1.29, 1.82) is 5.41 Å². The van der Waals surface area contributed by atoms with E-state index in [1.807, 2.05) is 17.1 Å². The molecule has 0 spiro atoms. The molecule has 2 aliphatic rings. The summed E-state index contributed by atoms with van der Waals surface area (Å²) in [5.41, 5.74) is 9.34. The maximum atomic E-state index is 7.80. The average Bonchev–Trinajstić information content (AvgIpc) is 3.31. The number of anilines is 1. The minimum atomic E-state index is 0. The summed E-state index contributed by atoms with van der Waals surface area (Å²) < 4.78 is 0. The summed E-state index contributed by atoms with van der Waals surface area (Å²) in [6.07, 6.45) is 2.70. The molecule has 1 fully saturated rings. The van der Waals surface area contributed by atoms with Crippen molar-refractivity contribution in [2.45, 2.75) is 17.7 Å². The molecule has 3 N–H and O–H groups in total. The molecule has 148 valence electrons. The molecule has 2 aromatic rings. The van der Waals surface area contributed by atoms with Gasteiger partial charge in [0.15, 0.2) is 0 Å². The highest BCUT2D eigenvalue weighted by Crippen LogP contribution is 2.39. The van der Waals surface area contributed by atoms with Crippen LogP contribution in [0.5, 0.6) is 0 Å². The first-order chi connectivity index (χ1) is 12.2. The smallest absolute Gasteiger partial charge is 0.133 e. The zero-order chi connectivity index (χ0) is 17.2. The number of rotatable bonds is 5. The largest absolute Gasteiger partial charge is 0.383 e. The Morgan fingerprint density at radius 2 is 1.85 bits per heavy atom. The first-order valence-electron chi connectivity index (χ1n) is 8.89. The third kappa shape index (κ3) is 4.93. The van der Waals surface area contributed by atoms with Gasteiger partial charge in [0.1, 0.15) is 5.84 Å². The maximum Gasteiger partial charge on any atom is 0.133 e. The van der Waals surface area contributed by atoms with Crippen molar-refractivity contribution in [2.24, 2.45) is 5.73 Å². The predicted molar refractivity (Wildman–Crippen MR) is 124 cm³/mol. The highest BCUT2D eigenvalue weighted by molar-refractivity contribution is 7.99. The van der Waals surface area contributed by atoms with Gasteiger partial charge in [-0.2, -0.15) is 0 Å². The van der Waals surface area contributed by atoms with E-state index in [0.29, 0.717) is 0 Å². The Hall–Kier alpha value is -0.920. The van der Waals surface area contributed by atoms with Crippen LogP contribution in [0.15, 0.2) is 34.5 Å². The number of hydrogen-bond acceptors (Lipinski definition) is 5. The molecule has 3 heterocycles. The van der Waals surface area contributed by atoms with E-state index in [0.717, 1.165) is 35.8 Å². The molecule has 4 nitrogen and oxygen atoms in total. The van der Waals surface area contributed by atoms with Crippen molar-refractivity contribution >= 4 is 59.4 Å². The summed E-state index contributed by atoms with van der Waals surface area (Å²) in [5, 5.41) is 9.82. The predicted octanol–water partition coefficient (Wildman–Crippen LogP) is 4.55. The Bertz CT molecular complexity index is 775. The molecule has 0 amide bonds. The lowest BCUT2D eigenvalue weighted by atomic mass is 10.0. The van der Waals surface area contributed by atoms with Gasteiger partial charge in [0.05, 0.1) is 10.6 Å². The summed E-state index contributed by atoms with van der Waals surface area (Å²) in [6.45, 7) is 5.88. The highest BCUT2D eigenvalue weighted by Gasteiger charge is 2.21. The topological polar surface area (TPSA) is 56.4 Å². The molecule has 2 aliphatic heterocycles. The SMILES string of the molecule is Cl.Cl.N=C(N)c1sccc1-c1ccc2c(c1)N(CCN1CCCC1)CCS2. The van der Waals surface area contributed by atoms with Crippen LogP contribution in [0.3, 0.4) is 0 Å². The van der Waals surface area contributed by atoms with Gasteiger partial charge in [-0.1, -0.05) is 6.07 Å². The first-order valence-corrected chi connectivity index (χ1v) is 10.8. The lowest BCUT2D eigenvalue weighted by Gasteiger charge is -2.32. The molecule has 4 rings (SSSR count). The minimum Gasteiger partial charge on any atom is -0.383 e. The Kier molecular flexibility index (Phi) is 8.31.